The molecule has 0 N–H and O–H groups in total. The number of piperidine rings is 2. The third-order valence-corrected chi connectivity index (χ3v) is 6.16. The molecule has 0 aromatic heterocycles. The zero-order chi connectivity index (χ0) is 19.9. The van der Waals surface area contributed by atoms with Crippen molar-refractivity contribution < 1.29 is 9.53 Å². The summed E-state index contributed by atoms with van der Waals surface area (Å²) < 4.78 is 5.97. The lowest BCUT2D eigenvalue weighted by Gasteiger charge is -2.35. The van der Waals surface area contributed by atoms with Crippen LogP contribution in [0.1, 0.15) is 43.2 Å². The summed E-state index contributed by atoms with van der Waals surface area (Å²) in [4.78, 5) is 17.3. The monoisotopic (exact) mass is 392 g/mol. The van der Waals surface area contributed by atoms with Crippen molar-refractivity contribution in [3.05, 3.63) is 65.7 Å². The Kier molecular flexibility index (Phi) is 6.83. The Labute approximate surface area is 174 Å². The lowest BCUT2D eigenvalue weighted by Crippen LogP contribution is -2.44. The van der Waals surface area contributed by atoms with Crippen LogP contribution >= 0.6 is 0 Å². The van der Waals surface area contributed by atoms with Gasteiger partial charge in [-0.3, -0.25) is 9.69 Å². The van der Waals surface area contributed by atoms with Crippen molar-refractivity contribution in [1.29, 1.82) is 0 Å². The minimum Gasteiger partial charge on any atom is -0.489 e. The van der Waals surface area contributed by atoms with Crippen molar-refractivity contribution in [2.24, 2.45) is 5.92 Å². The van der Waals surface area contributed by atoms with Gasteiger partial charge in [0.05, 0.1) is 0 Å². The van der Waals surface area contributed by atoms with Gasteiger partial charge in [0.1, 0.15) is 12.4 Å². The molecule has 29 heavy (non-hydrogen) atoms. The maximum absolute atomic E-state index is 12.7. The predicted octanol–water partition coefficient (Wildman–Crippen LogP) is 4.49. The largest absolute Gasteiger partial charge is 0.489 e. The average Bonchev–Trinajstić information content (AvgIpc) is 2.79. The molecule has 4 rings (SSSR count). The van der Waals surface area contributed by atoms with Crippen LogP contribution < -0.4 is 4.74 Å². The molecule has 2 fully saturated rings. The highest BCUT2D eigenvalue weighted by Crippen LogP contribution is 2.24. The van der Waals surface area contributed by atoms with E-state index in [9.17, 15) is 4.79 Å². The second kappa shape index (κ2) is 9.93. The van der Waals surface area contributed by atoms with Gasteiger partial charge in [0.25, 0.3) is 0 Å². The van der Waals surface area contributed by atoms with Crippen LogP contribution in [-0.4, -0.2) is 41.9 Å². The van der Waals surface area contributed by atoms with Crippen LogP contribution in [0.2, 0.25) is 0 Å². The molecule has 0 bridgehead atoms. The van der Waals surface area contributed by atoms with Crippen LogP contribution in [0.15, 0.2) is 54.6 Å². The molecule has 0 radical (unpaired) electrons. The van der Waals surface area contributed by atoms with Crippen molar-refractivity contribution in [2.45, 2.75) is 45.3 Å². The fourth-order valence-corrected chi connectivity index (χ4v) is 4.44. The lowest BCUT2D eigenvalue weighted by molar-refractivity contribution is -0.138. The molecule has 0 spiro atoms. The molecule has 0 unspecified atom stereocenters. The van der Waals surface area contributed by atoms with Crippen molar-refractivity contribution in [3.63, 3.8) is 0 Å². The molecule has 154 valence electrons. The maximum atomic E-state index is 12.7. The molecule has 2 saturated heterocycles. The zero-order valence-electron chi connectivity index (χ0n) is 17.3. The topological polar surface area (TPSA) is 32.8 Å². The highest BCUT2D eigenvalue weighted by molar-refractivity contribution is 5.79. The van der Waals surface area contributed by atoms with E-state index in [4.69, 9.17) is 4.74 Å². The number of nitrogens with zero attached hydrogens (tertiary/aromatic N) is 2. The number of amides is 1. The van der Waals surface area contributed by atoms with E-state index in [1.165, 1.54) is 30.4 Å². The van der Waals surface area contributed by atoms with Gasteiger partial charge < -0.3 is 9.64 Å². The molecular weight excluding hydrogens is 360 g/mol. The highest BCUT2D eigenvalue weighted by atomic mass is 16.5. The third kappa shape index (κ3) is 5.60. The minimum absolute atomic E-state index is 0.227. The van der Waals surface area contributed by atoms with Crippen LogP contribution in [0.3, 0.4) is 0 Å². The van der Waals surface area contributed by atoms with Gasteiger partial charge in [-0.05, 0) is 68.5 Å². The summed E-state index contributed by atoms with van der Waals surface area (Å²) >= 11 is 0. The van der Waals surface area contributed by atoms with Gasteiger partial charge in [0.15, 0.2) is 0 Å². The van der Waals surface area contributed by atoms with E-state index in [0.717, 1.165) is 51.3 Å². The molecule has 4 nitrogen and oxygen atoms in total. The van der Waals surface area contributed by atoms with Gasteiger partial charge in [0, 0.05) is 25.6 Å². The maximum Gasteiger partial charge on any atom is 0.225 e. The summed E-state index contributed by atoms with van der Waals surface area (Å²) in [6.45, 7) is 5.45. The Balaban J connectivity index is 1.25. The SMILES string of the molecule is O=C(C1CCN(Cc2cccc(OCc3ccccc3)c2)CC1)N1CCCCC1. The minimum atomic E-state index is 0.227. The summed E-state index contributed by atoms with van der Waals surface area (Å²) in [6.07, 6.45) is 5.59. The van der Waals surface area contributed by atoms with E-state index < -0.39 is 0 Å². The molecule has 2 aromatic rings. The summed E-state index contributed by atoms with van der Waals surface area (Å²) in [5.74, 6) is 1.55. The van der Waals surface area contributed by atoms with Crippen molar-refractivity contribution in [1.82, 2.24) is 9.80 Å². The smallest absolute Gasteiger partial charge is 0.225 e. The first-order chi connectivity index (χ1) is 14.3. The number of rotatable bonds is 6. The number of benzene rings is 2. The number of hydrogen-bond donors (Lipinski definition) is 0. The van der Waals surface area contributed by atoms with E-state index in [1.54, 1.807) is 0 Å². The summed E-state index contributed by atoms with van der Waals surface area (Å²) in [5, 5.41) is 0. The second-order valence-electron chi connectivity index (χ2n) is 8.36. The van der Waals surface area contributed by atoms with Crippen molar-refractivity contribution in [3.8, 4) is 5.75 Å². The molecule has 4 heteroatoms. The Morgan fingerprint density at radius 2 is 1.59 bits per heavy atom. The normalized spacial score (nSPS) is 18.6. The van der Waals surface area contributed by atoms with Gasteiger partial charge in [-0.2, -0.15) is 0 Å². The molecule has 0 aliphatic carbocycles. The third-order valence-electron chi connectivity index (χ3n) is 6.16. The van der Waals surface area contributed by atoms with Crippen LogP contribution in [0.25, 0.3) is 0 Å². The molecule has 2 aliphatic heterocycles. The average molecular weight is 393 g/mol. The Hall–Kier alpha value is -2.33. The number of hydrogen-bond acceptors (Lipinski definition) is 3. The molecule has 0 saturated carbocycles. The van der Waals surface area contributed by atoms with Crippen LogP contribution in [-0.2, 0) is 17.9 Å². The quantitative estimate of drug-likeness (QED) is 0.726. The first-order valence-corrected chi connectivity index (χ1v) is 11.0. The molecular formula is C25H32N2O2. The van der Waals surface area contributed by atoms with Gasteiger partial charge >= 0.3 is 0 Å². The molecule has 1 amide bonds. The number of ether oxygens (including phenoxy) is 1. The summed E-state index contributed by atoms with van der Waals surface area (Å²) in [5.41, 5.74) is 2.45. The molecule has 0 atom stereocenters. The van der Waals surface area contributed by atoms with Crippen molar-refractivity contribution in [2.75, 3.05) is 26.2 Å². The van der Waals surface area contributed by atoms with Crippen LogP contribution in [0.5, 0.6) is 5.75 Å². The Morgan fingerprint density at radius 1 is 0.862 bits per heavy atom. The van der Waals surface area contributed by atoms with Gasteiger partial charge in [0.2, 0.25) is 5.91 Å². The van der Waals surface area contributed by atoms with E-state index in [2.05, 4.69) is 40.1 Å². The second-order valence-corrected chi connectivity index (χ2v) is 8.36. The lowest BCUT2D eigenvalue weighted by atomic mass is 9.94. The first-order valence-electron chi connectivity index (χ1n) is 11.0. The van der Waals surface area contributed by atoms with Gasteiger partial charge in [-0.1, -0.05) is 42.5 Å². The fraction of sp³-hybridized carbons (Fsp3) is 0.480. The van der Waals surface area contributed by atoms with E-state index in [-0.39, 0.29) is 5.92 Å². The number of likely N-dealkylation sites (tertiary alicyclic amines) is 2. The fourth-order valence-electron chi connectivity index (χ4n) is 4.44. The summed E-state index contributed by atoms with van der Waals surface area (Å²) in [6, 6.07) is 18.7. The molecule has 2 aromatic carbocycles. The van der Waals surface area contributed by atoms with Gasteiger partial charge in [-0.15, -0.1) is 0 Å². The predicted molar refractivity (Wildman–Crippen MR) is 116 cm³/mol. The molecule has 2 heterocycles. The summed E-state index contributed by atoms with van der Waals surface area (Å²) in [7, 11) is 0. The van der Waals surface area contributed by atoms with Gasteiger partial charge in [-0.25, -0.2) is 0 Å². The van der Waals surface area contributed by atoms with Crippen molar-refractivity contribution >= 4 is 5.91 Å². The zero-order valence-corrected chi connectivity index (χ0v) is 17.3. The van der Waals surface area contributed by atoms with E-state index in [0.29, 0.717) is 12.5 Å². The molecule has 2 aliphatic rings. The first kappa shape index (κ1) is 20.0. The Bertz CT molecular complexity index is 778. The number of carbonyl (C=O) groups excluding carboxylic acids is 1. The van der Waals surface area contributed by atoms with Crippen LogP contribution in [0, 0.1) is 5.92 Å². The van der Waals surface area contributed by atoms with Crippen LogP contribution in [0.4, 0.5) is 0 Å². The highest BCUT2D eigenvalue weighted by Gasteiger charge is 2.29. The van der Waals surface area contributed by atoms with E-state index in [1.807, 2.05) is 24.3 Å². The standard InChI is InChI=1S/C25H32N2O2/c28-25(27-14-5-2-6-15-27)23-12-16-26(17-13-23)19-22-10-7-11-24(18-22)29-20-21-8-3-1-4-9-21/h1,3-4,7-11,18,23H,2,5-6,12-17,19-20H2. The van der Waals surface area contributed by atoms with E-state index >= 15 is 0 Å². The Morgan fingerprint density at radius 3 is 2.34 bits per heavy atom. The number of carbonyl (C=O) groups is 1.